The first kappa shape index (κ1) is 14.5. The van der Waals surface area contributed by atoms with Crippen molar-refractivity contribution in [3.63, 3.8) is 0 Å². The second kappa shape index (κ2) is 6.97. The van der Waals surface area contributed by atoms with E-state index in [1.807, 2.05) is 0 Å². The van der Waals surface area contributed by atoms with Crippen LogP contribution in [0.5, 0.6) is 0 Å². The van der Waals surface area contributed by atoms with E-state index in [9.17, 15) is 4.79 Å². The van der Waals surface area contributed by atoms with Crippen LogP contribution in [0.3, 0.4) is 0 Å². The van der Waals surface area contributed by atoms with Gasteiger partial charge in [-0.15, -0.1) is 0 Å². The van der Waals surface area contributed by atoms with Gasteiger partial charge in [-0.3, -0.25) is 9.69 Å². The van der Waals surface area contributed by atoms with Gasteiger partial charge in [0.25, 0.3) is 0 Å². The molecule has 0 aliphatic heterocycles. The molecule has 0 amide bonds. The van der Waals surface area contributed by atoms with Crippen LogP contribution in [0, 0.1) is 0 Å². The summed E-state index contributed by atoms with van der Waals surface area (Å²) in [6.45, 7) is 4.88. The molecule has 17 heavy (non-hydrogen) atoms. The summed E-state index contributed by atoms with van der Waals surface area (Å²) in [5, 5.41) is 8.81. The molecule has 0 aromatic carbocycles. The Balaban J connectivity index is 2.63. The van der Waals surface area contributed by atoms with E-state index in [1.165, 1.54) is 12.8 Å². The summed E-state index contributed by atoms with van der Waals surface area (Å²) in [7, 11) is 1.76. The van der Waals surface area contributed by atoms with Crippen LogP contribution in [0.1, 0.15) is 46.0 Å². The lowest BCUT2D eigenvalue weighted by atomic mass is 9.90. The van der Waals surface area contributed by atoms with E-state index in [2.05, 4.69) is 18.7 Å². The van der Waals surface area contributed by atoms with Crippen molar-refractivity contribution in [3.05, 3.63) is 0 Å². The van der Waals surface area contributed by atoms with Crippen molar-refractivity contribution < 1.29 is 14.6 Å². The molecule has 100 valence electrons. The van der Waals surface area contributed by atoms with Gasteiger partial charge in [-0.2, -0.15) is 0 Å². The van der Waals surface area contributed by atoms with Gasteiger partial charge in [0.1, 0.15) is 0 Å². The maximum absolute atomic E-state index is 10.7. The molecule has 1 aliphatic rings. The van der Waals surface area contributed by atoms with E-state index in [0.717, 1.165) is 12.8 Å². The van der Waals surface area contributed by atoms with Crippen LogP contribution in [0.2, 0.25) is 0 Å². The van der Waals surface area contributed by atoms with Gasteiger partial charge < -0.3 is 9.84 Å². The van der Waals surface area contributed by atoms with Gasteiger partial charge in [0, 0.05) is 25.7 Å². The lowest BCUT2D eigenvalue weighted by Crippen LogP contribution is -2.50. The van der Waals surface area contributed by atoms with E-state index in [-0.39, 0.29) is 12.5 Å². The zero-order valence-corrected chi connectivity index (χ0v) is 11.2. The fourth-order valence-corrected chi connectivity index (χ4v) is 2.76. The fraction of sp³-hybridized carbons (Fsp3) is 0.923. The number of carboxylic acids is 1. The van der Waals surface area contributed by atoms with Crippen molar-refractivity contribution in [2.45, 2.75) is 64.1 Å². The average Bonchev–Trinajstić information content (AvgIpc) is 2.29. The van der Waals surface area contributed by atoms with Gasteiger partial charge in [0.05, 0.1) is 12.5 Å². The van der Waals surface area contributed by atoms with Gasteiger partial charge in [-0.1, -0.05) is 12.8 Å². The normalized spacial score (nSPS) is 25.5. The summed E-state index contributed by atoms with van der Waals surface area (Å²) in [6.07, 6.45) is 5.14. The van der Waals surface area contributed by atoms with E-state index < -0.39 is 5.97 Å². The highest BCUT2D eigenvalue weighted by Gasteiger charge is 2.31. The molecule has 2 unspecified atom stereocenters. The minimum absolute atomic E-state index is 0.213. The summed E-state index contributed by atoms with van der Waals surface area (Å²) in [6, 6.07) is 0.753. The predicted molar refractivity (Wildman–Crippen MR) is 67.1 cm³/mol. The molecule has 1 aliphatic carbocycles. The molecule has 0 aromatic rings. The summed E-state index contributed by atoms with van der Waals surface area (Å²) in [5.74, 6) is -0.722. The van der Waals surface area contributed by atoms with Crippen molar-refractivity contribution in [2.24, 2.45) is 0 Å². The minimum atomic E-state index is -0.722. The van der Waals surface area contributed by atoms with Crippen molar-refractivity contribution in [1.29, 1.82) is 0 Å². The summed E-state index contributed by atoms with van der Waals surface area (Å²) < 4.78 is 5.55. The molecule has 0 heterocycles. The molecular formula is C13H25NO3. The van der Waals surface area contributed by atoms with Crippen LogP contribution >= 0.6 is 0 Å². The van der Waals surface area contributed by atoms with Crippen molar-refractivity contribution >= 4 is 5.97 Å². The van der Waals surface area contributed by atoms with Gasteiger partial charge >= 0.3 is 5.97 Å². The molecule has 0 aromatic heterocycles. The number of carbonyl (C=O) groups is 1. The molecule has 4 heteroatoms. The van der Waals surface area contributed by atoms with Gasteiger partial charge in [-0.05, 0) is 26.7 Å². The van der Waals surface area contributed by atoms with E-state index >= 15 is 0 Å². The number of methoxy groups -OCH3 is 1. The van der Waals surface area contributed by atoms with E-state index in [0.29, 0.717) is 18.6 Å². The molecule has 1 N–H and O–H groups in total. The fourth-order valence-electron chi connectivity index (χ4n) is 2.76. The number of hydrogen-bond donors (Lipinski definition) is 1. The molecule has 2 atom stereocenters. The zero-order chi connectivity index (χ0) is 12.8. The molecule has 1 rings (SSSR count). The Hall–Kier alpha value is -0.610. The predicted octanol–water partition coefficient (Wildman–Crippen LogP) is 2.13. The summed E-state index contributed by atoms with van der Waals surface area (Å²) >= 11 is 0. The van der Waals surface area contributed by atoms with Crippen molar-refractivity contribution in [1.82, 2.24) is 4.90 Å². The topological polar surface area (TPSA) is 49.8 Å². The highest BCUT2D eigenvalue weighted by molar-refractivity contribution is 5.66. The van der Waals surface area contributed by atoms with Crippen LogP contribution in [0.25, 0.3) is 0 Å². The zero-order valence-electron chi connectivity index (χ0n) is 11.2. The Morgan fingerprint density at radius 2 is 2.06 bits per heavy atom. The third-order valence-corrected chi connectivity index (χ3v) is 3.64. The molecule has 4 nitrogen and oxygen atoms in total. The number of ether oxygens (including phenoxy) is 1. The average molecular weight is 243 g/mol. The number of aliphatic carboxylic acids is 1. The standard InChI is InChI=1S/C13H25NO3/c1-10(2)14(9-8-13(15)16)11-6-4-5-7-12(11)17-3/h10-12H,4-9H2,1-3H3,(H,15,16). The maximum atomic E-state index is 10.7. The largest absolute Gasteiger partial charge is 0.481 e. The van der Waals surface area contributed by atoms with Crippen LogP contribution in [0.15, 0.2) is 0 Å². The monoisotopic (exact) mass is 243 g/mol. The van der Waals surface area contributed by atoms with Crippen LogP contribution < -0.4 is 0 Å². The first-order valence-corrected chi connectivity index (χ1v) is 6.56. The highest BCUT2D eigenvalue weighted by Crippen LogP contribution is 2.26. The molecule has 0 bridgehead atoms. The number of nitrogens with zero attached hydrogens (tertiary/aromatic N) is 1. The number of rotatable bonds is 6. The second-order valence-corrected chi connectivity index (χ2v) is 5.10. The summed E-state index contributed by atoms with van der Waals surface area (Å²) in [4.78, 5) is 13.0. The van der Waals surface area contributed by atoms with E-state index in [1.54, 1.807) is 7.11 Å². The molecule has 1 fully saturated rings. The SMILES string of the molecule is COC1CCCCC1N(CCC(=O)O)C(C)C. The minimum Gasteiger partial charge on any atom is -0.481 e. The Bertz CT molecular complexity index is 243. The Morgan fingerprint density at radius 1 is 1.41 bits per heavy atom. The Morgan fingerprint density at radius 3 is 2.59 bits per heavy atom. The Labute approximate surface area is 104 Å². The lowest BCUT2D eigenvalue weighted by molar-refractivity contribution is -0.138. The molecular weight excluding hydrogens is 218 g/mol. The first-order chi connectivity index (χ1) is 8.06. The maximum Gasteiger partial charge on any atom is 0.304 e. The summed E-state index contributed by atoms with van der Waals surface area (Å²) in [5.41, 5.74) is 0. The third-order valence-electron chi connectivity index (χ3n) is 3.64. The molecule has 0 spiro atoms. The molecule has 0 saturated heterocycles. The molecule has 1 saturated carbocycles. The lowest BCUT2D eigenvalue weighted by Gasteiger charge is -2.41. The third kappa shape index (κ3) is 4.28. The van der Waals surface area contributed by atoms with Gasteiger partial charge in [0.2, 0.25) is 0 Å². The first-order valence-electron chi connectivity index (χ1n) is 6.56. The smallest absolute Gasteiger partial charge is 0.304 e. The highest BCUT2D eigenvalue weighted by atomic mass is 16.5. The van der Waals surface area contributed by atoms with Gasteiger partial charge in [-0.25, -0.2) is 0 Å². The quantitative estimate of drug-likeness (QED) is 0.776. The number of hydrogen-bond acceptors (Lipinski definition) is 3. The van der Waals surface area contributed by atoms with Crippen LogP contribution in [-0.4, -0.2) is 47.8 Å². The second-order valence-electron chi connectivity index (χ2n) is 5.10. The molecule has 0 radical (unpaired) electrons. The van der Waals surface area contributed by atoms with Crippen LogP contribution in [-0.2, 0) is 9.53 Å². The van der Waals surface area contributed by atoms with Crippen molar-refractivity contribution in [2.75, 3.05) is 13.7 Å². The van der Waals surface area contributed by atoms with Gasteiger partial charge in [0.15, 0.2) is 0 Å². The van der Waals surface area contributed by atoms with E-state index in [4.69, 9.17) is 9.84 Å². The van der Waals surface area contributed by atoms with Crippen molar-refractivity contribution in [3.8, 4) is 0 Å². The number of carboxylic acid groups (broad SMARTS) is 1. The Kier molecular flexibility index (Phi) is 5.92. The van der Waals surface area contributed by atoms with Crippen LogP contribution in [0.4, 0.5) is 0 Å².